The second kappa shape index (κ2) is 5.68. The first-order chi connectivity index (χ1) is 8.03. The molecule has 0 saturated heterocycles. The second-order valence-electron chi connectivity index (χ2n) is 4.29. The summed E-state index contributed by atoms with van der Waals surface area (Å²) in [5, 5.41) is 9.19. The predicted molar refractivity (Wildman–Crippen MR) is 66.1 cm³/mol. The normalized spacial score (nSPS) is 14.1. The number of carboxylic acids is 1. The first-order valence-corrected chi connectivity index (χ1v) is 5.67. The van der Waals surface area contributed by atoms with Gasteiger partial charge in [-0.05, 0) is 31.9 Å². The fourth-order valence-corrected chi connectivity index (χ4v) is 1.60. The maximum Gasteiger partial charge on any atom is 0.310 e. The number of hydrogen-bond donors (Lipinski definition) is 2. The van der Waals surface area contributed by atoms with Gasteiger partial charge < -0.3 is 15.6 Å². The molecule has 0 heterocycles. The third-order valence-corrected chi connectivity index (χ3v) is 2.82. The molecule has 1 rings (SSSR count). The Morgan fingerprint density at radius 1 is 1.47 bits per heavy atom. The van der Waals surface area contributed by atoms with E-state index in [4.69, 9.17) is 10.5 Å². The summed E-state index contributed by atoms with van der Waals surface area (Å²) in [6.07, 6.45) is 0.370. The molecule has 17 heavy (non-hydrogen) atoms. The molecule has 0 aliphatic heterocycles. The Hall–Kier alpha value is -1.55. The van der Waals surface area contributed by atoms with E-state index >= 15 is 0 Å². The maximum atomic E-state index is 11.2. The Balaban J connectivity index is 2.97. The summed E-state index contributed by atoms with van der Waals surface area (Å²) in [5.74, 6) is -0.151. The number of carboxylic acid groups (broad SMARTS) is 1. The van der Waals surface area contributed by atoms with Crippen molar-refractivity contribution in [2.45, 2.75) is 20.3 Å². The maximum absolute atomic E-state index is 11.2. The quantitative estimate of drug-likeness (QED) is 0.789. The van der Waals surface area contributed by atoms with Crippen molar-refractivity contribution in [3.8, 4) is 5.75 Å². The van der Waals surface area contributed by atoms with Crippen molar-refractivity contribution in [3.05, 3.63) is 29.8 Å². The van der Waals surface area contributed by atoms with Crippen LogP contribution in [0.3, 0.4) is 0 Å². The van der Waals surface area contributed by atoms with Gasteiger partial charge in [0.2, 0.25) is 0 Å². The highest BCUT2D eigenvalue weighted by Gasteiger charge is 2.32. The Labute approximate surface area is 101 Å². The Morgan fingerprint density at radius 3 is 2.65 bits per heavy atom. The van der Waals surface area contributed by atoms with E-state index in [9.17, 15) is 9.90 Å². The molecule has 1 aromatic rings. The highest BCUT2D eigenvalue weighted by atomic mass is 16.5. The molecule has 0 aliphatic rings. The van der Waals surface area contributed by atoms with Crippen LogP contribution in [0.25, 0.3) is 0 Å². The predicted octanol–water partition coefficient (Wildman–Crippen LogP) is 1.68. The third kappa shape index (κ3) is 3.20. The van der Waals surface area contributed by atoms with Crippen molar-refractivity contribution >= 4 is 5.97 Å². The van der Waals surface area contributed by atoms with Crippen LogP contribution in [0.15, 0.2) is 24.3 Å². The zero-order valence-corrected chi connectivity index (χ0v) is 10.3. The molecule has 0 aliphatic carbocycles. The van der Waals surface area contributed by atoms with E-state index in [1.807, 2.05) is 31.2 Å². The van der Waals surface area contributed by atoms with Gasteiger partial charge in [0.15, 0.2) is 0 Å². The van der Waals surface area contributed by atoms with Crippen molar-refractivity contribution in [3.63, 3.8) is 0 Å². The van der Waals surface area contributed by atoms with E-state index in [0.29, 0.717) is 13.0 Å². The summed E-state index contributed by atoms with van der Waals surface area (Å²) in [5.41, 5.74) is 5.49. The number of benzene rings is 1. The number of carbonyl (C=O) groups is 1. The van der Waals surface area contributed by atoms with Gasteiger partial charge >= 0.3 is 5.97 Å². The second-order valence-corrected chi connectivity index (χ2v) is 4.29. The lowest BCUT2D eigenvalue weighted by atomic mass is 9.83. The lowest BCUT2D eigenvalue weighted by Gasteiger charge is -2.23. The molecule has 0 bridgehead atoms. The minimum Gasteiger partial charge on any atom is -0.494 e. The zero-order chi connectivity index (χ0) is 12.9. The molecule has 4 heteroatoms. The van der Waals surface area contributed by atoms with Gasteiger partial charge in [0, 0.05) is 6.54 Å². The monoisotopic (exact) mass is 237 g/mol. The van der Waals surface area contributed by atoms with Gasteiger partial charge in [0.25, 0.3) is 0 Å². The number of nitrogens with two attached hydrogens (primary N) is 1. The Morgan fingerprint density at radius 2 is 2.12 bits per heavy atom. The number of rotatable bonds is 6. The lowest BCUT2D eigenvalue weighted by Crippen LogP contribution is -2.37. The fraction of sp³-hybridized carbons (Fsp3) is 0.462. The van der Waals surface area contributed by atoms with E-state index in [2.05, 4.69) is 0 Å². The Kier molecular flexibility index (Phi) is 4.52. The summed E-state index contributed by atoms with van der Waals surface area (Å²) in [6.45, 7) is 4.21. The van der Waals surface area contributed by atoms with Crippen LogP contribution in [0.5, 0.6) is 5.75 Å². The number of para-hydroxylation sites is 1. The molecule has 0 saturated carbocycles. The van der Waals surface area contributed by atoms with Gasteiger partial charge in [-0.15, -0.1) is 0 Å². The van der Waals surface area contributed by atoms with Gasteiger partial charge in [-0.3, -0.25) is 4.79 Å². The van der Waals surface area contributed by atoms with E-state index in [1.165, 1.54) is 0 Å². The Bertz CT molecular complexity index is 392. The molecule has 0 amide bonds. The van der Waals surface area contributed by atoms with Crippen molar-refractivity contribution in [1.29, 1.82) is 0 Å². The van der Waals surface area contributed by atoms with Crippen molar-refractivity contribution < 1.29 is 14.6 Å². The number of hydrogen-bond acceptors (Lipinski definition) is 3. The third-order valence-electron chi connectivity index (χ3n) is 2.82. The van der Waals surface area contributed by atoms with Gasteiger partial charge in [0.05, 0.1) is 12.0 Å². The van der Waals surface area contributed by atoms with Crippen LogP contribution in [-0.4, -0.2) is 24.2 Å². The average Bonchev–Trinajstić information content (AvgIpc) is 2.31. The van der Waals surface area contributed by atoms with Gasteiger partial charge in [-0.2, -0.15) is 0 Å². The average molecular weight is 237 g/mol. The largest absolute Gasteiger partial charge is 0.494 e. The topological polar surface area (TPSA) is 72.5 Å². The van der Waals surface area contributed by atoms with Crippen LogP contribution in [0.4, 0.5) is 0 Å². The highest BCUT2D eigenvalue weighted by molar-refractivity contribution is 5.75. The summed E-state index contributed by atoms with van der Waals surface area (Å²) < 4.78 is 5.47. The molecule has 0 fully saturated rings. The molecule has 0 radical (unpaired) electrons. The molecule has 94 valence electrons. The van der Waals surface area contributed by atoms with Crippen molar-refractivity contribution in [1.82, 2.24) is 0 Å². The van der Waals surface area contributed by atoms with Crippen LogP contribution in [-0.2, 0) is 11.2 Å². The molecule has 1 atom stereocenters. The van der Waals surface area contributed by atoms with Crippen molar-refractivity contribution in [2.24, 2.45) is 11.1 Å². The molecular formula is C13H19NO3. The van der Waals surface area contributed by atoms with Gasteiger partial charge in [0.1, 0.15) is 5.75 Å². The van der Waals surface area contributed by atoms with Crippen LogP contribution in [0.1, 0.15) is 19.4 Å². The molecule has 0 spiro atoms. The molecule has 1 aromatic carbocycles. The number of ether oxygens (including phenoxy) is 1. The summed E-state index contributed by atoms with van der Waals surface area (Å²) in [7, 11) is 0. The molecular weight excluding hydrogens is 218 g/mol. The van der Waals surface area contributed by atoms with Gasteiger partial charge in [-0.25, -0.2) is 0 Å². The first-order valence-electron chi connectivity index (χ1n) is 5.67. The van der Waals surface area contributed by atoms with Crippen LogP contribution >= 0.6 is 0 Å². The number of aliphatic carboxylic acids is 1. The molecule has 4 nitrogen and oxygen atoms in total. The minimum absolute atomic E-state index is 0.1000. The van der Waals surface area contributed by atoms with E-state index in [-0.39, 0.29) is 6.54 Å². The van der Waals surface area contributed by atoms with E-state index in [1.54, 1.807) is 6.92 Å². The lowest BCUT2D eigenvalue weighted by molar-refractivity contribution is -0.147. The van der Waals surface area contributed by atoms with Crippen LogP contribution in [0, 0.1) is 5.41 Å². The molecule has 0 aromatic heterocycles. The summed E-state index contributed by atoms with van der Waals surface area (Å²) in [4.78, 5) is 11.2. The standard InChI is InChI=1S/C13H19NO3/c1-3-17-11-7-5-4-6-10(11)8-13(2,9-14)12(15)16/h4-7H,3,8-9,14H2,1-2H3,(H,15,16). The summed E-state index contributed by atoms with van der Waals surface area (Å²) >= 11 is 0. The SMILES string of the molecule is CCOc1ccccc1CC(C)(CN)C(=O)O. The molecule has 3 N–H and O–H groups in total. The zero-order valence-electron chi connectivity index (χ0n) is 10.3. The van der Waals surface area contributed by atoms with Crippen LogP contribution in [0.2, 0.25) is 0 Å². The van der Waals surface area contributed by atoms with E-state index in [0.717, 1.165) is 11.3 Å². The summed E-state index contributed by atoms with van der Waals surface area (Å²) in [6, 6.07) is 7.46. The fourth-order valence-electron chi connectivity index (χ4n) is 1.60. The minimum atomic E-state index is -0.951. The van der Waals surface area contributed by atoms with Gasteiger partial charge in [-0.1, -0.05) is 18.2 Å². The first kappa shape index (κ1) is 13.5. The van der Waals surface area contributed by atoms with E-state index < -0.39 is 11.4 Å². The molecule has 1 unspecified atom stereocenters. The van der Waals surface area contributed by atoms with Crippen molar-refractivity contribution in [2.75, 3.05) is 13.2 Å². The highest BCUT2D eigenvalue weighted by Crippen LogP contribution is 2.27. The smallest absolute Gasteiger partial charge is 0.310 e. The van der Waals surface area contributed by atoms with Crippen LogP contribution < -0.4 is 10.5 Å².